The highest BCUT2D eigenvalue weighted by Gasteiger charge is 2.19. The van der Waals surface area contributed by atoms with E-state index in [2.05, 4.69) is 15.3 Å². The number of alkyl halides is 2. The summed E-state index contributed by atoms with van der Waals surface area (Å²) in [5.74, 6) is -0.754. The quantitative estimate of drug-likeness (QED) is 0.560. The van der Waals surface area contributed by atoms with Crippen molar-refractivity contribution in [2.45, 2.75) is 32.3 Å². The summed E-state index contributed by atoms with van der Waals surface area (Å²) in [6, 6.07) is 2.73. The van der Waals surface area contributed by atoms with Crippen molar-refractivity contribution in [2.75, 3.05) is 20.2 Å². The first-order valence-corrected chi connectivity index (χ1v) is 8.70. The average Bonchev–Trinajstić information content (AvgIpc) is 2.81. The molecule has 0 aliphatic carbocycles. The molecule has 1 fully saturated rings. The Hall–Kier alpha value is -2.42. The third kappa shape index (κ3) is 6.35. The number of nitrogens with one attached hydrogen (secondary N) is 1. The van der Waals surface area contributed by atoms with Gasteiger partial charge < -0.3 is 14.4 Å². The van der Waals surface area contributed by atoms with Gasteiger partial charge in [-0.2, -0.15) is 13.9 Å². The lowest BCUT2D eigenvalue weighted by molar-refractivity contribution is -0.135. The third-order valence-corrected chi connectivity index (χ3v) is 4.15. The Morgan fingerprint density at radius 1 is 1.41 bits per heavy atom. The van der Waals surface area contributed by atoms with Gasteiger partial charge in [0, 0.05) is 13.0 Å². The molecule has 1 aromatic carbocycles. The second-order valence-corrected chi connectivity index (χ2v) is 6.24. The van der Waals surface area contributed by atoms with Crippen molar-refractivity contribution < 1.29 is 27.8 Å². The van der Waals surface area contributed by atoms with Crippen molar-refractivity contribution in [3.63, 3.8) is 0 Å². The molecule has 1 saturated heterocycles. The molecule has 0 bridgehead atoms. The standard InChI is InChI=1S/C17H20ClF2N3O4/c1-26-13-8-11(7-12(18)16(13)27-17(19)20)9-21-22-14(24)10-23-6-4-2-3-5-15(23)25/h7-9,17H,2-6,10H2,1H3,(H,22,24)/b21-9-. The zero-order chi connectivity index (χ0) is 19.8. The summed E-state index contributed by atoms with van der Waals surface area (Å²) in [4.78, 5) is 25.3. The second kappa shape index (κ2) is 10.1. The Kier molecular flexibility index (Phi) is 7.78. The topological polar surface area (TPSA) is 80.2 Å². The van der Waals surface area contributed by atoms with Gasteiger partial charge >= 0.3 is 6.61 Å². The van der Waals surface area contributed by atoms with Crippen molar-refractivity contribution in [1.82, 2.24) is 10.3 Å². The number of carbonyl (C=O) groups is 2. The number of amides is 2. The maximum Gasteiger partial charge on any atom is 0.387 e. The summed E-state index contributed by atoms with van der Waals surface area (Å²) in [6.45, 7) is -2.56. The summed E-state index contributed by atoms with van der Waals surface area (Å²) >= 11 is 5.93. The van der Waals surface area contributed by atoms with E-state index in [1.807, 2.05) is 0 Å². The molecule has 148 valence electrons. The number of benzene rings is 1. The molecule has 27 heavy (non-hydrogen) atoms. The van der Waals surface area contributed by atoms with Crippen LogP contribution in [0.3, 0.4) is 0 Å². The predicted molar refractivity (Wildman–Crippen MR) is 95.4 cm³/mol. The van der Waals surface area contributed by atoms with E-state index in [1.165, 1.54) is 30.4 Å². The van der Waals surface area contributed by atoms with E-state index >= 15 is 0 Å². The molecule has 0 radical (unpaired) electrons. The van der Waals surface area contributed by atoms with Crippen LogP contribution in [0.15, 0.2) is 17.2 Å². The summed E-state index contributed by atoms with van der Waals surface area (Å²) in [7, 11) is 1.28. The smallest absolute Gasteiger partial charge is 0.387 e. The molecule has 0 aromatic heterocycles. The van der Waals surface area contributed by atoms with Crippen molar-refractivity contribution in [3.8, 4) is 11.5 Å². The number of rotatable bonds is 7. The zero-order valence-corrected chi connectivity index (χ0v) is 15.5. The van der Waals surface area contributed by atoms with Crippen LogP contribution in [-0.4, -0.2) is 49.7 Å². The first kappa shape index (κ1) is 20.9. The highest BCUT2D eigenvalue weighted by molar-refractivity contribution is 6.32. The Labute approximate surface area is 160 Å². The van der Waals surface area contributed by atoms with E-state index in [0.717, 1.165) is 19.3 Å². The summed E-state index contributed by atoms with van der Waals surface area (Å²) < 4.78 is 34.1. The molecule has 1 heterocycles. The summed E-state index contributed by atoms with van der Waals surface area (Å²) in [6.07, 6.45) is 4.40. The van der Waals surface area contributed by atoms with Gasteiger partial charge in [-0.3, -0.25) is 9.59 Å². The molecule has 0 saturated carbocycles. The van der Waals surface area contributed by atoms with E-state index in [-0.39, 0.29) is 29.0 Å². The SMILES string of the molecule is COc1cc(/C=N\NC(=O)CN2CCCCCC2=O)cc(Cl)c1OC(F)F. The molecule has 0 atom stereocenters. The molecule has 0 unspecified atom stereocenters. The van der Waals surface area contributed by atoms with Crippen LogP contribution in [0.5, 0.6) is 11.5 Å². The van der Waals surface area contributed by atoms with Crippen LogP contribution in [0.1, 0.15) is 31.2 Å². The third-order valence-electron chi connectivity index (χ3n) is 3.87. The Morgan fingerprint density at radius 2 is 2.19 bits per heavy atom. The number of nitrogens with zero attached hydrogens (tertiary/aromatic N) is 2. The maximum absolute atomic E-state index is 12.4. The average molecular weight is 404 g/mol. The number of hydrogen-bond acceptors (Lipinski definition) is 5. The number of methoxy groups -OCH3 is 1. The van der Waals surface area contributed by atoms with Crippen LogP contribution in [0, 0.1) is 0 Å². The fourth-order valence-electron chi connectivity index (χ4n) is 2.61. The minimum atomic E-state index is -3.04. The summed E-state index contributed by atoms with van der Waals surface area (Å²) in [5, 5.41) is 3.71. The maximum atomic E-state index is 12.4. The van der Waals surface area contributed by atoms with Gasteiger partial charge in [-0.05, 0) is 30.5 Å². The molecule has 1 aliphatic rings. The molecule has 1 aromatic rings. The Bertz CT molecular complexity index is 716. The molecule has 0 spiro atoms. The van der Waals surface area contributed by atoms with Crippen molar-refractivity contribution >= 4 is 29.6 Å². The van der Waals surface area contributed by atoms with Gasteiger partial charge in [0.05, 0.1) is 18.3 Å². The molecule has 2 rings (SSSR count). The lowest BCUT2D eigenvalue weighted by atomic mass is 10.2. The molecule has 2 amide bonds. The lowest BCUT2D eigenvalue weighted by Gasteiger charge is -2.18. The van der Waals surface area contributed by atoms with Crippen LogP contribution in [0.4, 0.5) is 8.78 Å². The minimum absolute atomic E-state index is 0.00531. The van der Waals surface area contributed by atoms with Crippen LogP contribution in [0.2, 0.25) is 5.02 Å². The van der Waals surface area contributed by atoms with Crippen LogP contribution < -0.4 is 14.9 Å². The van der Waals surface area contributed by atoms with Gasteiger partial charge in [0.25, 0.3) is 5.91 Å². The van der Waals surface area contributed by atoms with E-state index in [0.29, 0.717) is 18.5 Å². The van der Waals surface area contributed by atoms with Crippen LogP contribution >= 0.6 is 11.6 Å². The fraction of sp³-hybridized carbons (Fsp3) is 0.471. The Morgan fingerprint density at radius 3 is 2.89 bits per heavy atom. The van der Waals surface area contributed by atoms with Crippen LogP contribution in [0.25, 0.3) is 0 Å². The fourth-order valence-corrected chi connectivity index (χ4v) is 2.87. The monoisotopic (exact) mass is 403 g/mol. The lowest BCUT2D eigenvalue weighted by Crippen LogP contribution is -2.39. The van der Waals surface area contributed by atoms with Crippen molar-refractivity contribution in [2.24, 2.45) is 5.10 Å². The molecule has 1 N–H and O–H groups in total. The first-order valence-electron chi connectivity index (χ1n) is 8.32. The molecule has 7 nitrogen and oxygen atoms in total. The number of carbonyl (C=O) groups excluding carboxylic acids is 2. The van der Waals surface area contributed by atoms with E-state index in [1.54, 1.807) is 0 Å². The van der Waals surface area contributed by atoms with E-state index in [9.17, 15) is 18.4 Å². The van der Waals surface area contributed by atoms with E-state index < -0.39 is 12.5 Å². The number of hydrazone groups is 1. The number of ether oxygens (including phenoxy) is 2. The molecular weight excluding hydrogens is 384 g/mol. The van der Waals surface area contributed by atoms with Gasteiger partial charge in [0.15, 0.2) is 11.5 Å². The van der Waals surface area contributed by atoms with Gasteiger partial charge in [-0.15, -0.1) is 0 Å². The van der Waals surface area contributed by atoms with Crippen molar-refractivity contribution in [1.29, 1.82) is 0 Å². The van der Waals surface area contributed by atoms with Gasteiger partial charge in [-0.1, -0.05) is 18.0 Å². The number of halogens is 3. The first-order chi connectivity index (χ1) is 12.9. The van der Waals surface area contributed by atoms with Crippen LogP contribution in [-0.2, 0) is 9.59 Å². The van der Waals surface area contributed by atoms with E-state index in [4.69, 9.17) is 16.3 Å². The van der Waals surface area contributed by atoms with Gasteiger partial charge in [0.1, 0.15) is 6.54 Å². The highest BCUT2D eigenvalue weighted by Crippen LogP contribution is 2.37. The normalized spacial score (nSPS) is 15.1. The van der Waals surface area contributed by atoms with Crippen molar-refractivity contribution in [3.05, 3.63) is 22.7 Å². The summed E-state index contributed by atoms with van der Waals surface area (Å²) in [5.41, 5.74) is 2.73. The highest BCUT2D eigenvalue weighted by atomic mass is 35.5. The van der Waals surface area contributed by atoms with Gasteiger partial charge in [0.2, 0.25) is 5.91 Å². The number of hydrogen-bond donors (Lipinski definition) is 1. The second-order valence-electron chi connectivity index (χ2n) is 5.83. The Balaban J connectivity index is 1.97. The molecule has 10 heteroatoms. The molecule has 1 aliphatic heterocycles. The number of likely N-dealkylation sites (tertiary alicyclic amines) is 1. The predicted octanol–water partition coefficient (Wildman–Crippen LogP) is 2.80. The molecular formula is C17H20ClF2N3O4. The van der Waals surface area contributed by atoms with Gasteiger partial charge in [-0.25, -0.2) is 5.43 Å². The largest absolute Gasteiger partial charge is 0.493 e. The zero-order valence-electron chi connectivity index (χ0n) is 14.7. The minimum Gasteiger partial charge on any atom is -0.493 e.